The number of fused-ring (bicyclic) bond motifs is 2. The minimum Gasteiger partial charge on any atom is -0.423 e. The Kier molecular flexibility index (Phi) is 4.58. The number of benzene rings is 2. The molecule has 1 fully saturated rings. The maximum Gasteiger partial charge on any atom is 0.336 e. The molecule has 32 heavy (non-hydrogen) atoms. The summed E-state index contributed by atoms with van der Waals surface area (Å²) in [7, 11) is 0. The van der Waals surface area contributed by atoms with Crippen molar-refractivity contribution in [2.24, 2.45) is 0 Å². The number of hydrogen-bond acceptors (Lipinski definition) is 5. The van der Waals surface area contributed by atoms with Gasteiger partial charge in [-0.25, -0.2) is 9.59 Å². The fraction of sp³-hybridized carbons (Fsp3) is 0.250. The number of nitrogens with zero attached hydrogens (tertiary/aromatic N) is 1. The SMILES string of the molecule is CC(=O)Nc1ccc2c(CN3C(=O)NC4(CCc5ccccc5C4)C3=O)cc(=O)oc2c1. The quantitative estimate of drug-likeness (QED) is 0.490. The fourth-order valence-corrected chi connectivity index (χ4v) is 4.66. The van der Waals surface area contributed by atoms with Crippen LogP contribution in [-0.2, 0) is 29.0 Å². The summed E-state index contributed by atoms with van der Waals surface area (Å²) in [5.74, 6) is -0.533. The molecule has 8 nitrogen and oxygen atoms in total. The molecule has 2 aliphatic rings. The molecule has 1 spiro atoms. The molecule has 0 bridgehead atoms. The van der Waals surface area contributed by atoms with Crippen LogP contribution in [0.25, 0.3) is 11.0 Å². The van der Waals surface area contributed by atoms with Crippen molar-refractivity contribution >= 4 is 34.5 Å². The van der Waals surface area contributed by atoms with Crippen LogP contribution in [0.2, 0.25) is 0 Å². The fourth-order valence-electron chi connectivity index (χ4n) is 4.66. The Hall–Kier alpha value is -3.94. The normalized spacial score (nSPS) is 19.8. The van der Waals surface area contributed by atoms with Gasteiger partial charge in [-0.1, -0.05) is 24.3 Å². The Morgan fingerprint density at radius 3 is 2.69 bits per heavy atom. The lowest BCUT2D eigenvalue weighted by Crippen LogP contribution is -2.51. The Morgan fingerprint density at radius 2 is 1.91 bits per heavy atom. The molecule has 1 aromatic heterocycles. The van der Waals surface area contributed by atoms with Crippen LogP contribution in [-0.4, -0.2) is 28.3 Å². The third kappa shape index (κ3) is 3.33. The summed E-state index contributed by atoms with van der Waals surface area (Å²) in [4.78, 5) is 50.9. The van der Waals surface area contributed by atoms with Crippen molar-refractivity contribution in [1.82, 2.24) is 10.2 Å². The van der Waals surface area contributed by atoms with Gasteiger partial charge in [0.1, 0.15) is 11.1 Å². The van der Waals surface area contributed by atoms with Crippen LogP contribution >= 0.6 is 0 Å². The number of aryl methyl sites for hydroxylation is 1. The van der Waals surface area contributed by atoms with Crippen LogP contribution in [0.5, 0.6) is 0 Å². The number of carbonyl (C=O) groups excluding carboxylic acids is 3. The van der Waals surface area contributed by atoms with Crippen molar-refractivity contribution in [3.05, 3.63) is 75.6 Å². The van der Waals surface area contributed by atoms with Gasteiger partial charge in [0.2, 0.25) is 5.91 Å². The van der Waals surface area contributed by atoms with E-state index in [9.17, 15) is 19.2 Å². The number of nitrogens with one attached hydrogen (secondary N) is 2. The van der Waals surface area contributed by atoms with Gasteiger partial charge in [0, 0.05) is 36.6 Å². The summed E-state index contributed by atoms with van der Waals surface area (Å²) in [6, 6.07) is 13.7. The van der Waals surface area contributed by atoms with Crippen LogP contribution in [0.4, 0.5) is 10.5 Å². The molecule has 0 radical (unpaired) electrons. The first-order valence-corrected chi connectivity index (χ1v) is 10.4. The van der Waals surface area contributed by atoms with E-state index in [-0.39, 0.29) is 23.9 Å². The molecule has 1 atom stereocenters. The van der Waals surface area contributed by atoms with E-state index in [4.69, 9.17) is 4.42 Å². The molecule has 2 aromatic carbocycles. The molecule has 0 saturated carbocycles. The summed E-state index contributed by atoms with van der Waals surface area (Å²) >= 11 is 0. The third-order valence-corrected chi connectivity index (χ3v) is 6.16. The second-order valence-electron chi connectivity index (χ2n) is 8.33. The van der Waals surface area contributed by atoms with Crippen molar-refractivity contribution in [3.8, 4) is 0 Å². The second kappa shape index (κ2) is 7.33. The Labute approximate surface area is 183 Å². The standard InChI is InChI=1S/C24H21N3O5/c1-14(28)25-18-6-7-19-17(10-21(29)32-20(19)11-18)13-27-22(30)24(26-23(27)31)9-8-15-4-2-3-5-16(15)12-24/h2-7,10-11H,8-9,12-13H2,1H3,(H,25,28)(H,26,31). The number of anilines is 1. The zero-order valence-corrected chi connectivity index (χ0v) is 17.4. The lowest BCUT2D eigenvalue weighted by atomic mass is 9.78. The molecule has 5 rings (SSSR count). The number of imide groups is 1. The molecule has 1 aliphatic carbocycles. The summed E-state index contributed by atoms with van der Waals surface area (Å²) in [5, 5.41) is 6.14. The number of hydrogen-bond donors (Lipinski definition) is 2. The molecule has 1 unspecified atom stereocenters. The smallest absolute Gasteiger partial charge is 0.336 e. The van der Waals surface area contributed by atoms with E-state index in [0.717, 1.165) is 5.56 Å². The number of carbonyl (C=O) groups is 3. The first-order valence-electron chi connectivity index (χ1n) is 10.4. The van der Waals surface area contributed by atoms with Gasteiger partial charge in [-0.05, 0) is 41.7 Å². The first kappa shape index (κ1) is 20.0. The van der Waals surface area contributed by atoms with Gasteiger partial charge in [0.25, 0.3) is 5.91 Å². The van der Waals surface area contributed by atoms with Crippen molar-refractivity contribution in [3.63, 3.8) is 0 Å². The van der Waals surface area contributed by atoms with Gasteiger partial charge in [0.15, 0.2) is 0 Å². The summed E-state index contributed by atoms with van der Waals surface area (Å²) in [6.45, 7) is 1.34. The monoisotopic (exact) mass is 431 g/mol. The highest BCUT2D eigenvalue weighted by molar-refractivity contribution is 6.07. The van der Waals surface area contributed by atoms with E-state index < -0.39 is 17.2 Å². The van der Waals surface area contributed by atoms with Crippen molar-refractivity contribution in [2.75, 3.05) is 5.32 Å². The first-order chi connectivity index (χ1) is 15.3. The van der Waals surface area contributed by atoms with E-state index in [1.54, 1.807) is 18.2 Å². The van der Waals surface area contributed by atoms with Gasteiger partial charge in [0.05, 0.1) is 6.54 Å². The van der Waals surface area contributed by atoms with E-state index in [0.29, 0.717) is 35.9 Å². The largest absolute Gasteiger partial charge is 0.423 e. The molecule has 162 valence electrons. The number of amides is 4. The second-order valence-corrected chi connectivity index (χ2v) is 8.33. The zero-order valence-electron chi connectivity index (χ0n) is 17.4. The number of rotatable bonds is 3. The van der Waals surface area contributed by atoms with Crippen LogP contribution in [0.3, 0.4) is 0 Å². The van der Waals surface area contributed by atoms with Gasteiger partial charge in [-0.3, -0.25) is 14.5 Å². The summed E-state index contributed by atoms with van der Waals surface area (Å²) < 4.78 is 5.28. The lowest BCUT2D eigenvalue weighted by molar-refractivity contribution is -0.132. The predicted molar refractivity (Wildman–Crippen MR) is 117 cm³/mol. The maximum absolute atomic E-state index is 13.4. The van der Waals surface area contributed by atoms with E-state index in [1.165, 1.54) is 23.5 Å². The van der Waals surface area contributed by atoms with Gasteiger partial charge < -0.3 is 15.1 Å². The highest BCUT2D eigenvalue weighted by Gasteiger charge is 2.52. The van der Waals surface area contributed by atoms with Crippen LogP contribution in [0.15, 0.2) is 57.7 Å². The van der Waals surface area contributed by atoms with Crippen LogP contribution in [0.1, 0.15) is 30.0 Å². The highest BCUT2D eigenvalue weighted by Crippen LogP contribution is 2.34. The van der Waals surface area contributed by atoms with Crippen molar-refractivity contribution < 1.29 is 18.8 Å². The van der Waals surface area contributed by atoms with Gasteiger partial charge in [-0.2, -0.15) is 0 Å². The molecule has 1 saturated heterocycles. The highest BCUT2D eigenvalue weighted by atomic mass is 16.4. The predicted octanol–water partition coefficient (Wildman–Crippen LogP) is 2.73. The number of urea groups is 1. The minimum atomic E-state index is -0.959. The molecule has 4 amide bonds. The summed E-state index contributed by atoms with van der Waals surface area (Å²) in [6.07, 6.45) is 1.69. The van der Waals surface area contributed by atoms with Crippen molar-refractivity contribution in [2.45, 2.75) is 38.3 Å². The van der Waals surface area contributed by atoms with E-state index in [1.807, 2.05) is 24.3 Å². The summed E-state index contributed by atoms with van der Waals surface area (Å²) in [5.41, 5.74) is 1.96. The molecule has 1 aliphatic heterocycles. The van der Waals surface area contributed by atoms with E-state index >= 15 is 0 Å². The van der Waals surface area contributed by atoms with Crippen LogP contribution in [0, 0.1) is 0 Å². The average Bonchev–Trinajstić information content (AvgIpc) is 2.96. The zero-order chi connectivity index (χ0) is 22.5. The lowest BCUT2D eigenvalue weighted by Gasteiger charge is -2.32. The molecule has 2 heterocycles. The minimum absolute atomic E-state index is 0.0460. The van der Waals surface area contributed by atoms with Crippen LogP contribution < -0.4 is 16.3 Å². The van der Waals surface area contributed by atoms with Crippen molar-refractivity contribution in [1.29, 1.82) is 0 Å². The Balaban J connectivity index is 1.47. The topological polar surface area (TPSA) is 109 Å². The van der Waals surface area contributed by atoms with Gasteiger partial charge in [-0.15, -0.1) is 0 Å². The molecular weight excluding hydrogens is 410 g/mol. The Morgan fingerprint density at radius 1 is 1.12 bits per heavy atom. The molecule has 8 heteroatoms. The Bertz CT molecular complexity index is 1340. The average molecular weight is 431 g/mol. The molecule has 3 aromatic rings. The van der Waals surface area contributed by atoms with Gasteiger partial charge >= 0.3 is 11.7 Å². The maximum atomic E-state index is 13.4. The molecular formula is C24H21N3O5. The van der Waals surface area contributed by atoms with E-state index in [2.05, 4.69) is 10.6 Å². The molecule has 2 N–H and O–H groups in total. The third-order valence-electron chi connectivity index (χ3n) is 6.16.